The highest BCUT2D eigenvalue weighted by molar-refractivity contribution is 7.16. The maximum atomic E-state index is 13.5. The zero-order valence-corrected chi connectivity index (χ0v) is 42.6. The monoisotopic (exact) mass is 918 g/mol. The molecule has 0 bridgehead atoms. The number of nitrogens with zero attached hydrogens (tertiary/aromatic N) is 4. The number of rotatable bonds is 4. The van der Waals surface area contributed by atoms with Gasteiger partial charge in [-0.05, 0) is 151 Å². The van der Waals surface area contributed by atoms with Gasteiger partial charge in [-0.3, -0.25) is 4.79 Å². The summed E-state index contributed by atoms with van der Waals surface area (Å²) in [5.41, 5.74) is 15.4. The minimum Gasteiger partial charge on any atom is -0.309 e. The molecular weight excluding hydrogens is 861 g/mol. The van der Waals surface area contributed by atoms with Crippen LogP contribution in [0.1, 0.15) is 116 Å². The van der Waals surface area contributed by atoms with E-state index in [4.69, 9.17) is 0 Å². The quantitative estimate of drug-likeness (QED) is 0.176. The van der Waals surface area contributed by atoms with Gasteiger partial charge >= 0.3 is 0 Å². The Morgan fingerprint density at radius 3 is 1.09 bits per heavy atom. The van der Waals surface area contributed by atoms with Crippen molar-refractivity contribution in [2.45, 2.75) is 105 Å². The van der Waals surface area contributed by atoms with Crippen LogP contribution in [0.25, 0.3) is 87.3 Å². The SMILES string of the molecule is CC(C)(C)c1ccc2c(c1)c1cc(C(C)(C)C)ccc1n2-c1ccc(-c2cc(-c3ccc(-n4c5ccc(C(C)(C)C)cc5c5cc(C(C)(C)C)ccc54)cc3)c3c(C#N)c(C#N)c(=O)sc3c2)cc1. The molecule has 10 aromatic rings. The molecule has 10 rings (SSSR count). The van der Waals surface area contributed by atoms with Gasteiger partial charge in [0.25, 0.3) is 4.74 Å². The van der Waals surface area contributed by atoms with Gasteiger partial charge in [-0.2, -0.15) is 10.5 Å². The highest BCUT2D eigenvalue weighted by Crippen LogP contribution is 2.42. The van der Waals surface area contributed by atoms with Crippen LogP contribution in [0.2, 0.25) is 0 Å². The second-order valence-electron chi connectivity index (χ2n) is 23.0. The summed E-state index contributed by atoms with van der Waals surface area (Å²) in [6, 6.07) is 53.0. The average Bonchev–Trinajstić information content (AvgIpc) is 3.81. The lowest BCUT2D eigenvalue weighted by atomic mass is 9.85. The Bertz CT molecular complexity index is 3750. The van der Waals surface area contributed by atoms with Crippen molar-refractivity contribution >= 4 is 65.0 Å². The molecule has 0 amide bonds. The van der Waals surface area contributed by atoms with E-state index in [0.29, 0.717) is 10.1 Å². The standard InChI is InChI=1S/C63H58N4OS/c1-60(2,3)40-17-25-53-47(31-40)48-32-41(61(4,5)6)18-26-54(48)66(53)44-21-13-37(14-22-44)39-29-46(58-51(35-64)52(36-65)59(68)69-57(58)30-39)38-15-23-45(24-16-38)67-55-27-19-42(62(7,8)9)33-49(55)50-34-43(63(10,11)12)20-28-56(50)67/h13-34H,1-12H3. The predicted octanol–water partition coefficient (Wildman–Crippen LogP) is 16.7. The summed E-state index contributed by atoms with van der Waals surface area (Å²) in [6.45, 7) is 27.1. The lowest BCUT2D eigenvalue weighted by Gasteiger charge is -2.19. The van der Waals surface area contributed by atoms with Crippen molar-refractivity contribution in [3.8, 4) is 45.8 Å². The van der Waals surface area contributed by atoms with E-state index >= 15 is 0 Å². The van der Waals surface area contributed by atoms with Crippen molar-refractivity contribution in [2.24, 2.45) is 0 Å². The summed E-state index contributed by atoms with van der Waals surface area (Å²) >= 11 is 1.02. The van der Waals surface area contributed by atoms with E-state index < -0.39 is 4.74 Å². The molecule has 0 fully saturated rings. The molecular formula is C63H58N4OS. The van der Waals surface area contributed by atoms with Crippen LogP contribution in [-0.4, -0.2) is 9.13 Å². The topological polar surface area (TPSA) is 74.5 Å². The zero-order valence-electron chi connectivity index (χ0n) is 41.8. The van der Waals surface area contributed by atoms with Gasteiger partial charge in [0, 0.05) is 43.0 Å². The number of hydrogen-bond donors (Lipinski definition) is 0. The van der Waals surface area contributed by atoms with Crippen LogP contribution in [0, 0.1) is 22.7 Å². The van der Waals surface area contributed by atoms with Gasteiger partial charge in [-0.1, -0.05) is 143 Å². The van der Waals surface area contributed by atoms with Crippen molar-refractivity contribution in [3.05, 3.63) is 176 Å². The Balaban J connectivity index is 1.12. The number of nitriles is 2. The van der Waals surface area contributed by atoms with Crippen LogP contribution in [0.3, 0.4) is 0 Å². The summed E-state index contributed by atoms with van der Waals surface area (Å²) in [7, 11) is 0. The second-order valence-corrected chi connectivity index (χ2v) is 24.0. The molecule has 0 unspecified atom stereocenters. The molecule has 0 aliphatic carbocycles. The summed E-state index contributed by atoms with van der Waals surface area (Å²) in [4.78, 5) is 13.5. The minimum absolute atomic E-state index is 0.00437. The molecule has 3 heterocycles. The summed E-state index contributed by atoms with van der Waals surface area (Å²) < 4.78 is 4.95. The molecule has 0 aliphatic heterocycles. The molecule has 0 spiro atoms. The van der Waals surface area contributed by atoms with Gasteiger partial charge in [0.2, 0.25) is 0 Å². The van der Waals surface area contributed by atoms with Gasteiger partial charge in [0.15, 0.2) is 0 Å². The molecule has 0 atom stereocenters. The van der Waals surface area contributed by atoms with E-state index in [1.807, 2.05) is 6.07 Å². The Hall–Kier alpha value is -7.25. The smallest absolute Gasteiger partial charge is 0.252 e. The van der Waals surface area contributed by atoms with Gasteiger partial charge < -0.3 is 9.13 Å². The number of fused-ring (bicyclic) bond motifs is 7. The predicted molar refractivity (Wildman–Crippen MR) is 292 cm³/mol. The van der Waals surface area contributed by atoms with E-state index in [2.05, 4.69) is 232 Å². The first-order valence-electron chi connectivity index (χ1n) is 23.9. The third-order valence-electron chi connectivity index (χ3n) is 14.1. The fourth-order valence-electron chi connectivity index (χ4n) is 10.0. The van der Waals surface area contributed by atoms with Crippen molar-refractivity contribution in [2.75, 3.05) is 0 Å². The van der Waals surface area contributed by atoms with E-state index in [9.17, 15) is 15.3 Å². The normalized spacial score (nSPS) is 12.7. The fraction of sp³-hybridized carbons (Fsp3) is 0.254. The molecule has 0 saturated heterocycles. The molecule has 342 valence electrons. The Morgan fingerprint density at radius 1 is 0.406 bits per heavy atom. The largest absolute Gasteiger partial charge is 0.309 e. The molecule has 0 N–H and O–H groups in total. The molecule has 7 aromatic carbocycles. The average molecular weight is 919 g/mol. The van der Waals surface area contributed by atoms with Gasteiger partial charge in [-0.15, -0.1) is 0 Å². The van der Waals surface area contributed by atoms with Crippen LogP contribution in [0.4, 0.5) is 0 Å². The maximum absolute atomic E-state index is 13.5. The molecule has 69 heavy (non-hydrogen) atoms. The molecule has 0 radical (unpaired) electrons. The number of aromatic nitrogens is 2. The third-order valence-corrected chi connectivity index (χ3v) is 15.1. The Labute approximate surface area is 409 Å². The molecule has 3 aromatic heterocycles. The van der Waals surface area contributed by atoms with Crippen molar-refractivity contribution in [3.63, 3.8) is 0 Å². The highest BCUT2D eigenvalue weighted by Gasteiger charge is 2.24. The minimum atomic E-state index is -0.415. The van der Waals surface area contributed by atoms with E-state index in [-0.39, 0.29) is 32.8 Å². The summed E-state index contributed by atoms with van der Waals surface area (Å²) in [5, 5.41) is 26.3. The maximum Gasteiger partial charge on any atom is 0.252 e. The first-order chi connectivity index (χ1) is 32.5. The van der Waals surface area contributed by atoms with Crippen molar-refractivity contribution in [1.29, 1.82) is 10.5 Å². The van der Waals surface area contributed by atoms with Crippen LogP contribution >= 0.6 is 11.3 Å². The lowest BCUT2D eigenvalue weighted by Crippen LogP contribution is -2.10. The summed E-state index contributed by atoms with van der Waals surface area (Å²) in [6.07, 6.45) is 0. The molecule has 6 heteroatoms. The first-order valence-corrected chi connectivity index (χ1v) is 24.7. The zero-order chi connectivity index (χ0) is 49.1. The van der Waals surface area contributed by atoms with E-state index in [0.717, 1.165) is 67.0 Å². The van der Waals surface area contributed by atoms with Gasteiger partial charge in [0.05, 0.1) is 27.6 Å². The van der Waals surface area contributed by atoms with E-state index in [1.54, 1.807) is 0 Å². The van der Waals surface area contributed by atoms with Gasteiger partial charge in [-0.25, -0.2) is 0 Å². The lowest BCUT2D eigenvalue weighted by molar-refractivity contribution is 0.590. The fourth-order valence-corrected chi connectivity index (χ4v) is 11.0. The van der Waals surface area contributed by atoms with Crippen LogP contribution in [0.15, 0.2) is 138 Å². The van der Waals surface area contributed by atoms with Crippen molar-refractivity contribution in [1.82, 2.24) is 9.13 Å². The first kappa shape index (κ1) is 45.5. The third kappa shape index (κ3) is 7.73. The molecule has 0 saturated carbocycles. The highest BCUT2D eigenvalue weighted by atomic mass is 32.1. The number of hydrogen-bond acceptors (Lipinski definition) is 4. The Kier molecular flexibility index (Phi) is 10.5. The number of benzene rings is 7. The van der Waals surface area contributed by atoms with Gasteiger partial charge in [0.1, 0.15) is 17.7 Å². The van der Waals surface area contributed by atoms with Crippen LogP contribution in [-0.2, 0) is 21.7 Å². The second kappa shape index (κ2) is 15.9. The summed E-state index contributed by atoms with van der Waals surface area (Å²) in [5.74, 6) is 0. The Morgan fingerprint density at radius 2 is 0.754 bits per heavy atom. The van der Waals surface area contributed by atoms with E-state index in [1.165, 1.54) is 43.8 Å². The molecule has 0 aliphatic rings. The van der Waals surface area contributed by atoms with Crippen molar-refractivity contribution < 1.29 is 0 Å². The van der Waals surface area contributed by atoms with Crippen LogP contribution in [0.5, 0.6) is 0 Å². The van der Waals surface area contributed by atoms with Crippen LogP contribution < -0.4 is 4.74 Å². The molecule has 5 nitrogen and oxygen atoms in total.